The second kappa shape index (κ2) is 6.86. The maximum Gasteiger partial charge on any atom is 0.250 e. The zero-order chi connectivity index (χ0) is 17.1. The van der Waals surface area contributed by atoms with Gasteiger partial charge in [-0.1, -0.05) is 36.4 Å². The summed E-state index contributed by atoms with van der Waals surface area (Å²) in [6.07, 6.45) is 4.20. The van der Waals surface area contributed by atoms with Crippen LogP contribution in [0.25, 0.3) is 17.5 Å². The number of ether oxygens (including phenoxy) is 1. The number of hydrogen-bond acceptors (Lipinski definition) is 5. The summed E-state index contributed by atoms with van der Waals surface area (Å²) in [4.78, 5) is 16.4. The summed E-state index contributed by atoms with van der Waals surface area (Å²) in [7, 11) is 0. The van der Waals surface area contributed by atoms with Crippen LogP contribution in [0.2, 0.25) is 0 Å². The molecule has 1 aromatic heterocycles. The van der Waals surface area contributed by atoms with Gasteiger partial charge in [0.05, 0.1) is 6.61 Å². The molecule has 0 unspecified atom stereocenters. The third-order valence-corrected chi connectivity index (χ3v) is 4.46. The summed E-state index contributed by atoms with van der Waals surface area (Å²) in [5.41, 5.74) is 3.08. The van der Waals surface area contributed by atoms with Gasteiger partial charge >= 0.3 is 0 Å². The first-order chi connectivity index (χ1) is 12.3. The fourth-order valence-electron chi connectivity index (χ4n) is 2.61. The third kappa shape index (κ3) is 3.59. The highest BCUT2D eigenvalue weighted by Gasteiger charge is 2.11. The van der Waals surface area contributed by atoms with Crippen LogP contribution in [-0.2, 0) is 11.2 Å². The van der Waals surface area contributed by atoms with Crippen molar-refractivity contribution in [3.63, 3.8) is 0 Å². The molecule has 25 heavy (non-hydrogen) atoms. The summed E-state index contributed by atoms with van der Waals surface area (Å²) >= 11 is 1.17. The molecule has 2 heterocycles. The largest absolute Gasteiger partial charge is 0.493 e. The Balaban J connectivity index is 1.41. The number of nitrogens with zero attached hydrogens (tertiary/aromatic N) is 2. The minimum atomic E-state index is -0.229. The highest BCUT2D eigenvalue weighted by molar-refractivity contribution is 7.10. The Bertz CT molecular complexity index is 935. The van der Waals surface area contributed by atoms with Gasteiger partial charge in [-0.25, -0.2) is 0 Å². The van der Waals surface area contributed by atoms with Crippen molar-refractivity contribution in [1.29, 1.82) is 0 Å². The number of carbonyl (C=O) groups excluding carboxylic acids is 1. The van der Waals surface area contributed by atoms with Crippen molar-refractivity contribution in [3.8, 4) is 17.1 Å². The molecule has 124 valence electrons. The van der Waals surface area contributed by atoms with E-state index in [1.165, 1.54) is 23.2 Å². The second-order valence-electron chi connectivity index (χ2n) is 5.58. The summed E-state index contributed by atoms with van der Waals surface area (Å²) in [6, 6.07) is 15.6. The lowest BCUT2D eigenvalue weighted by molar-refractivity contribution is -0.111. The molecule has 1 N–H and O–H groups in total. The molecular formula is C19H15N3O2S. The molecule has 0 aliphatic carbocycles. The smallest absolute Gasteiger partial charge is 0.250 e. The summed E-state index contributed by atoms with van der Waals surface area (Å²) in [5.74, 6) is 1.32. The number of carbonyl (C=O) groups is 1. The van der Waals surface area contributed by atoms with Gasteiger partial charge in [0.1, 0.15) is 5.75 Å². The quantitative estimate of drug-likeness (QED) is 0.728. The topological polar surface area (TPSA) is 64.1 Å². The summed E-state index contributed by atoms with van der Waals surface area (Å²) in [5, 5.41) is 3.23. The van der Waals surface area contributed by atoms with Gasteiger partial charge in [0, 0.05) is 29.6 Å². The summed E-state index contributed by atoms with van der Waals surface area (Å²) < 4.78 is 9.75. The number of benzene rings is 2. The molecule has 0 saturated carbocycles. The van der Waals surface area contributed by atoms with Gasteiger partial charge in [-0.2, -0.15) is 9.36 Å². The molecule has 1 aliphatic rings. The average Bonchev–Trinajstić information content (AvgIpc) is 3.29. The normalized spacial score (nSPS) is 12.8. The van der Waals surface area contributed by atoms with E-state index in [1.807, 2.05) is 48.5 Å². The van der Waals surface area contributed by atoms with Gasteiger partial charge in [0.2, 0.25) is 11.0 Å². The average molecular weight is 349 g/mol. The fraction of sp³-hybridized carbons (Fsp3) is 0.105. The molecule has 2 aromatic carbocycles. The predicted molar refractivity (Wildman–Crippen MR) is 98.6 cm³/mol. The molecule has 6 heteroatoms. The van der Waals surface area contributed by atoms with Gasteiger partial charge in [-0.3, -0.25) is 10.1 Å². The molecule has 3 aromatic rings. The number of aromatic nitrogens is 2. The molecule has 1 aliphatic heterocycles. The minimum absolute atomic E-state index is 0.229. The maximum absolute atomic E-state index is 12.1. The lowest BCUT2D eigenvalue weighted by Gasteiger charge is -2.00. The third-order valence-electron chi connectivity index (χ3n) is 3.83. The first-order valence-corrected chi connectivity index (χ1v) is 8.69. The number of fused-ring (bicyclic) bond motifs is 1. The van der Waals surface area contributed by atoms with Crippen molar-refractivity contribution >= 4 is 28.6 Å². The lowest BCUT2D eigenvalue weighted by Crippen LogP contribution is -2.07. The van der Waals surface area contributed by atoms with Crippen LogP contribution in [0, 0.1) is 0 Å². The van der Waals surface area contributed by atoms with Gasteiger partial charge in [0.15, 0.2) is 5.82 Å². The Morgan fingerprint density at radius 1 is 1.20 bits per heavy atom. The second-order valence-corrected chi connectivity index (χ2v) is 6.33. The van der Waals surface area contributed by atoms with E-state index in [0.29, 0.717) is 11.0 Å². The van der Waals surface area contributed by atoms with E-state index in [0.717, 1.165) is 29.9 Å². The molecule has 0 bridgehead atoms. The Kier molecular flexibility index (Phi) is 4.26. The van der Waals surface area contributed by atoms with E-state index >= 15 is 0 Å². The van der Waals surface area contributed by atoms with Crippen LogP contribution in [0.4, 0.5) is 5.13 Å². The predicted octanol–water partition coefficient (Wildman–Crippen LogP) is 3.79. The molecule has 5 nitrogen and oxygen atoms in total. The van der Waals surface area contributed by atoms with Crippen molar-refractivity contribution < 1.29 is 9.53 Å². The maximum atomic E-state index is 12.1. The fourth-order valence-corrected chi connectivity index (χ4v) is 3.20. The standard InChI is InChI=1S/C19H15N3O2S/c23-17(9-7-13-6-8-16-15(12-13)10-11-24-16)20-19-21-18(22-25-19)14-4-2-1-3-5-14/h1-9,12H,10-11H2,(H,20,21,22,23)/b9-7+. The van der Waals surface area contributed by atoms with Crippen molar-refractivity contribution in [2.45, 2.75) is 6.42 Å². The molecule has 0 spiro atoms. The first kappa shape index (κ1) is 15.5. The van der Waals surface area contributed by atoms with Crippen LogP contribution in [0.1, 0.15) is 11.1 Å². The van der Waals surface area contributed by atoms with E-state index in [2.05, 4.69) is 14.7 Å². The number of anilines is 1. The van der Waals surface area contributed by atoms with Crippen LogP contribution in [0.3, 0.4) is 0 Å². The summed E-state index contributed by atoms with van der Waals surface area (Å²) in [6.45, 7) is 0.726. The minimum Gasteiger partial charge on any atom is -0.493 e. The van der Waals surface area contributed by atoms with Crippen molar-refractivity contribution in [3.05, 3.63) is 65.7 Å². The molecule has 0 fully saturated rings. The number of amides is 1. The van der Waals surface area contributed by atoms with E-state index in [-0.39, 0.29) is 5.91 Å². The zero-order valence-corrected chi connectivity index (χ0v) is 14.1. The number of hydrogen-bond donors (Lipinski definition) is 1. The Hall–Kier alpha value is -2.99. The van der Waals surface area contributed by atoms with Crippen molar-refractivity contribution in [2.75, 3.05) is 11.9 Å². The van der Waals surface area contributed by atoms with Crippen molar-refractivity contribution in [2.24, 2.45) is 0 Å². The number of nitrogens with one attached hydrogen (secondary N) is 1. The van der Waals surface area contributed by atoms with Crippen molar-refractivity contribution in [1.82, 2.24) is 9.36 Å². The van der Waals surface area contributed by atoms with E-state index in [1.54, 1.807) is 6.08 Å². The molecular weight excluding hydrogens is 334 g/mol. The molecule has 0 saturated heterocycles. The first-order valence-electron chi connectivity index (χ1n) is 7.92. The lowest BCUT2D eigenvalue weighted by atomic mass is 10.1. The van der Waals surface area contributed by atoms with Crippen LogP contribution in [0.5, 0.6) is 5.75 Å². The van der Waals surface area contributed by atoms with Crippen LogP contribution in [-0.4, -0.2) is 21.9 Å². The highest BCUT2D eigenvalue weighted by Crippen LogP contribution is 2.26. The Morgan fingerprint density at radius 2 is 2.08 bits per heavy atom. The zero-order valence-electron chi connectivity index (χ0n) is 13.3. The van der Waals surface area contributed by atoms with E-state index in [4.69, 9.17) is 4.74 Å². The Morgan fingerprint density at radius 3 is 2.96 bits per heavy atom. The van der Waals surface area contributed by atoms with Gasteiger partial charge < -0.3 is 4.74 Å². The SMILES string of the molecule is O=C(/C=C/c1ccc2c(c1)CCO2)Nc1nc(-c2ccccc2)ns1. The van der Waals surface area contributed by atoms with Crippen LogP contribution >= 0.6 is 11.5 Å². The van der Waals surface area contributed by atoms with Gasteiger partial charge in [-0.15, -0.1) is 0 Å². The molecule has 0 radical (unpaired) electrons. The molecule has 1 amide bonds. The van der Waals surface area contributed by atoms with Crippen LogP contribution in [0.15, 0.2) is 54.6 Å². The molecule has 0 atom stereocenters. The Labute approximate surface area is 149 Å². The van der Waals surface area contributed by atoms with E-state index in [9.17, 15) is 4.79 Å². The van der Waals surface area contributed by atoms with Gasteiger partial charge in [-0.05, 0) is 29.3 Å². The van der Waals surface area contributed by atoms with Gasteiger partial charge in [0.25, 0.3) is 0 Å². The molecule has 4 rings (SSSR count). The monoisotopic (exact) mass is 349 g/mol. The van der Waals surface area contributed by atoms with Crippen LogP contribution < -0.4 is 10.1 Å². The highest BCUT2D eigenvalue weighted by atomic mass is 32.1. The number of rotatable bonds is 4. The van der Waals surface area contributed by atoms with E-state index < -0.39 is 0 Å².